The SMILES string of the molecule is CNc1ccc(-n2nc(N3CCCCC3)cc2C(F)(F)F)cn1. The molecule has 1 fully saturated rings. The van der Waals surface area contributed by atoms with Crippen molar-refractivity contribution >= 4 is 11.6 Å². The zero-order chi connectivity index (χ0) is 16.4. The van der Waals surface area contributed by atoms with E-state index in [2.05, 4.69) is 15.4 Å². The molecule has 0 atom stereocenters. The van der Waals surface area contributed by atoms with Crippen LogP contribution in [0.3, 0.4) is 0 Å². The maximum Gasteiger partial charge on any atom is 0.433 e. The Morgan fingerprint density at radius 2 is 1.87 bits per heavy atom. The van der Waals surface area contributed by atoms with Crippen LogP contribution >= 0.6 is 0 Å². The van der Waals surface area contributed by atoms with Gasteiger partial charge < -0.3 is 10.2 Å². The molecule has 0 amide bonds. The fourth-order valence-corrected chi connectivity index (χ4v) is 2.70. The van der Waals surface area contributed by atoms with Gasteiger partial charge in [-0.25, -0.2) is 9.67 Å². The molecule has 23 heavy (non-hydrogen) atoms. The lowest BCUT2D eigenvalue weighted by molar-refractivity contribution is -0.142. The standard InChI is InChI=1S/C15H18F3N5/c1-19-13-6-5-11(10-20-13)23-12(15(16,17)18)9-14(21-23)22-7-3-2-4-8-22/h5-6,9-10H,2-4,7-8H2,1H3,(H,19,20). The van der Waals surface area contributed by atoms with Crippen LogP contribution < -0.4 is 10.2 Å². The average molecular weight is 325 g/mol. The number of pyridine rings is 1. The topological polar surface area (TPSA) is 46.0 Å². The molecule has 3 heterocycles. The van der Waals surface area contributed by atoms with E-state index in [9.17, 15) is 13.2 Å². The van der Waals surface area contributed by atoms with Gasteiger partial charge in [0.2, 0.25) is 0 Å². The van der Waals surface area contributed by atoms with E-state index in [-0.39, 0.29) is 0 Å². The van der Waals surface area contributed by atoms with Crippen molar-refractivity contribution in [3.63, 3.8) is 0 Å². The number of aromatic nitrogens is 3. The summed E-state index contributed by atoms with van der Waals surface area (Å²) in [5, 5.41) is 7.02. The number of nitrogens with zero attached hydrogens (tertiary/aromatic N) is 4. The summed E-state index contributed by atoms with van der Waals surface area (Å²) in [6.07, 6.45) is -0.0191. The van der Waals surface area contributed by atoms with Gasteiger partial charge in [0.1, 0.15) is 5.82 Å². The molecule has 2 aromatic heterocycles. The Kier molecular flexibility index (Phi) is 4.14. The molecule has 0 radical (unpaired) electrons. The monoisotopic (exact) mass is 325 g/mol. The second-order valence-electron chi connectivity index (χ2n) is 5.50. The van der Waals surface area contributed by atoms with Gasteiger partial charge in [0, 0.05) is 26.2 Å². The minimum atomic E-state index is -4.47. The number of anilines is 2. The smallest absolute Gasteiger partial charge is 0.373 e. The van der Waals surface area contributed by atoms with Crippen molar-refractivity contribution < 1.29 is 13.2 Å². The Bertz CT molecular complexity index is 657. The van der Waals surface area contributed by atoms with E-state index in [0.717, 1.165) is 43.1 Å². The summed E-state index contributed by atoms with van der Waals surface area (Å²) >= 11 is 0. The van der Waals surface area contributed by atoms with E-state index in [0.29, 0.717) is 17.3 Å². The van der Waals surface area contributed by atoms with E-state index in [1.165, 1.54) is 6.20 Å². The molecule has 8 heteroatoms. The van der Waals surface area contributed by atoms with Crippen LogP contribution in [0, 0.1) is 0 Å². The molecule has 3 rings (SSSR count). The Morgan fingerprint density at radius 3 is 2.43 bits per heavy atom. The maximum absolute atomic E-state index is 13.3. The fourth-order valence-electron chi connectivity index (χ4n) is 2.70. The van der Waals surface area contributed by atoms with Crippen LogP contribution in [0.4, 0.5) is 24.8 Å². The van der Waals surface area contributed by atoms with Crippen LogP contribution in [0.2, 0.25) is 0 Å². The summed E-state index contributed by atoms with van der Waals surface area (Å²) in [5.41, 5.74) is -0.489. The van der Waals surface area contributed by atoms with Crippen LogP contribution in [0.1, 0.15) is 25.0 Å². The molecule has 5 nitrogen and oxygen atoms in total. The molecule has 1 aliphatic rings. The molecule has 0 spiro atoms. The zero-order valence-corrected chi connectivity index (χ0v) is 12.8. The highest BCUT2D eigenvalue weighted by atomic mass is 19.4. The van der Waals surface area contributed by atoms with Crippen molar-refractivity contribution in [2.75, 3.05) is 30.4 Å². The summed E-state index contributed by atoms with van der Waals surface area (Å²) in [4.78, 5) is 5.97. The summed E-state index contributed by atoms with van der Waals surface area (Å²) < 4.78 is 41.0. The van der Waals surface area contributed by atoms with Crippen molar-refractivity contribution in [1.82, 2.24) is 14.8 Å². The number of hydrogen-bond donors (Lipinski definition) is 1. The summed E-state index contributed by atoms with van der Waals surface area (Å²) in [7, 11) is 1.70. The Labute approximate surface area is 132 Å². The van der Waals surface area contributed by atoms with E-state index < -0.39 is 11.9 Å². The molecule has 124 valence electrons. The van der Waals surface area contributed by atoms with Gasteiger partial charge in [0.05, 0.1) is 11.9 Å². The molecule has 1 saturated heterocycles. The molecule has 0 bridgehead atoms. The second kappa shape index (κ2) is 6.10. The van der Waals surface area contributed by atoms with Gasteiger partial charge in [-0.1, -0.05) is 0 Å². The van der Waals surface area contributed by atoms with Gasteiger partial charge in [-0.2, -0.15) is 13.2 Å². The van der Waals surface area contributed by atoms with E-state index >= 15 is 0 Å². The number of hydrogen-bond acceptors (Lipinski definition) is 4. The maximum atomic E-state index is 13.3. The van der Waals surface area contributed by atoms with Gasteiger partial charge >= 0.3 is 6.18 Å². The third-order valence-electron chi connectivity index (χ3n) is 3.92. The molecule has 1 aliphatic heterocycles. The van der Waals surface area contributed by atoms with Crippen LogP contribution in [0.15, 0.2) is 24.4 Å². The number of rotatable bonds is 3. The van der Waals surface area contributed by atoms with E-state index in [1.807, 2.05) is 4.90 Å². The van der Waals surface area contributed by atoms with Crippen molar-refractivity contribution in [2.24, 2.45) is 0 Å². The van der Waals surface area contributed by atoms with Gasteiger partial charge in [-0.3, -0.25) is 0 Å². The van der Waals surface area contributed by atoms with E-state index in [4.69, 9.17) is 0 Å². The normalized spacial score (nSPS) is 15.7. The Morgan fingerprint density at radius 1 is 1.13 bits per heavy atom. The highest BCUT2D eigenvalue weighted by molar-refractivity contribution is 5.46. The molecular formula is C15H18F3N5. The van der Waals surface area contributed by atoms with Crippen molar-refractivity contribution in [3.05, 3.63) is 30.1 Å². The third kappa shape index (κ3) is 3.25. The zero-order valence-electron chi connectivity index (χ0n) is 12.8. The summed E-state index contributed by atoms with van der Waals surface area (Å²) in [6.45, 7) is 1.48. The van der Waals surface area contributed by atoms with Gasteiger partial charge in [-0.15, -0.1) is 5.10 Å². The predicted molar refractivity (Wildman–Crippen MR) is 82.0 cm³/mol. The highest BCUT2D eigenvalue weighted by Crippen LogP contribution is 2.34. The molecule has 0 aliphatic carbocycles. The first-order valence-electron chi connectivity index (χ1n) is 7.55. The Hall–Kier alpha value is -2.25. The van der Waals surface area contributed by atoms with Gasteiger partial charge in [0.25, 0.3) is 0 Å². The first-order chi connectivity index (χ1) is 11.0. The number of nitrogens with one attached hydrogen (secondary N) is 1. The molecule has 0 unspecified atom stereocenters. The quantitative estimate of drug-likeness (QED) is 0.940. The van der Waals surface area contributed by atoms with E-state index in [1.54, 1.807) is 19.2 Å². The Balaban J connectivity index is 2.00. The summed E-state index contributed by atoms with van der Waals surface area (Å²) in [5.74, 6) is 0.959. The lowest BCUT2D eigenvalue weighted by atomic mass is 10.1. The second-order valence-corrected chi connectivity index (χ2v) is 5.50. The predicted octanol–water partition coefficient (Wildman–Crippen LogP) is 3.32. The van der Waals surface area contributed by atoms with Crippen LogP contribution in [-0.2, 0) is 6.18 Å². The fraction of sp³-hybridized carbons (Fsp3) is 0.467. The van der Waals surface area contributed by atoms with Gasteiger partial charge in [-0.05, 0) is 31.4 Å². The van der Waals surface area contributed by atoms with Crippen molar-refractivity contribution in [1.29, 1.82) is 0 Å². The van der Waals surface area contributed by atoms with Crippen molar-refractivity contribution in [2.45, 2.75) is 25.4 Å². The lowest BCUT2D eigenvalue weighted by Crippen LogP contribution is -2.29. The van der Waals surface area contributed by atoms with Crippen molar-refractivity contribution in [3.8, 4) is 5.69 Å². The van der Waals surface area contributed by atoms with Crippen LogP contribution in [-0.4, -0.2) is 34.9 Å². The summed E-state index contributed by atoms with van der Waals surface area (Å²) in [6, 6.07) is 4.32. The lowest BCUT2D eigenvalue weighted by Gasteiger charge is -2.26. The molecule has 2 aromatic rings. The number of halogens is 3. The molecular weight excluding hydrogens is 307 g/mol. The van der Waals surface area contributed by atoms with Crippen LogP contribution in [0.25, 0.3) is 5.69 Å². The highest BCUT2D eigenvalue weighted by Gasteiger charge is 2.37. The average Bonchev–Trinajstić information content (AvgIpc) is 3.01. The van der Waals surface area contributed by atoms with Crippen LogP contribution in [0.5, 0.6) is 0 Å². The number of alkyl halides is 3. The molecule has 0 aromatic carbocycles. The number of piperidine rings is 1. The first kappa shape index (κ1) is 15.6. The van der Waals surface area contributed by atoms with Gasteiger partial charge in [0.15, 0.2) is 11.5 Å². The molecule has 0 saturated carbocycles. The molecule has 1 N–H and O–H groups in total. The minimum Gasteiger partial charge on any atom is -0.373 e. The largest absolute Gasteiger partial charge is 0.433 e. The third-order valence-corrected chi connectivity index (χ3v) is 3.92. The first-order valence-corrected chi connectivity index (χ1v) is 7.55. The minimum absolute atomic E-state index is 0.291.